The van der Waals surface area contributed by atoms with Gasteiger partial charge < -0.3 is 0 Å². The normalized spacial score (nSPS) is 11.8. The molecular formula is C16H15N3O3S2. The van der Waals surface area contributed by atoms with Crippen LogP contribution < -0.4 is 5.32 Å². The second-order valence-corrected chi connectivity index (χ2v) is 8.44. The molecule has 0 bridgehead atoms. The van der Waals surface area contributed by atoms with Crippen LogP contribution in [0.2, 0.25) is 0 Å². The first kappa shape index (κ1) is 16.6. The Balaban J connectivity index is 1.91. The van der Waals surface area contributed by atoms with Gasteiger partial charge in [-0.2, -0.15) is 0 Å². The molecule has 1 N–H and O–H groups in total. The van der Waals surface area contributed by atoms with E-state index in [4.69, 9.17) is 0 Å². The molecule has 1 heterocycles. The topological polar surface area (TPSA) is 79.4 Å². The molecule has 3 aromatic rings. The predicted octanol–water partition coefficient (Wildman–Crippen LogP) is 2.80. The number of thiazole rings is 1. The van der Waals surface area contributed by atoms with Gasteiger partial charge in [0.2, 0.25) is 10.0 Å². The first-order valence-corrected chi connectivity index (χ1v) is 9.33. The van der Waals surface area contributed by atoms with E-state index in [1.54, 1.807) is 36.4 Å². The van der Waals surface area contributed by atoms with Crippen LogP contribution in [-0.4, -0.2) is 37.7 Å². The SMILES string of the molecule is CN(C)S(=O)(=O)c1ccc2nc(NC(=O)c3ccccc3)sc2c1. The lowest BCUT2D eigenvalue weighted by molar-refractivity contribution is 0.102. The summed E-state index contributed by atoms with van der Waals surface area (Å²) in [5.41, 5.74) is 1.17. The molecule has 124 valence electrons. The average Bonchev–Trinajstić information content (AvgIpc) is 2.96. The summed E-state index contributed by atoms with van der Waals surface area (Å²) < 4.78 is 26.2. The van der Waals surface area contributed by atoms with Gasteiger partial charge in [0.25, 0.3) is 5.91 Å². The molecule has 0 saturated carbocycles. The Hall–Kier alpha value is -2.29. The maximum atomic E-state index is 12.2. The van der Waals surface area contributed by atoms with E-state index in [1.807, 2.05) is 6.07 Å². The number of carbonyl (C=O) groups excluding carboxylic acids is 1. The lowest BCUT2D eigenvalue weighted by Crippen LogP contribution is -2.22. The summed E-state index contributed by atoms with van der Waals surface area (Å²) in [4.78, 5) is 16.7. The van der Waals surface area contributed by atoms with Crippen molar-refractivity contribution in [2.45, 2.75) is 4.90 Å². The first-order valence-electron chi connectivity index (χ1n) is 7.07. The van der Waals surface area contributed by atoms with Crippen molar-refractivity contribution in [1.82, 2.24) is 9.29 Å². The van der Waals surface area contributed by atoms with E-state index in [9.17, 15) is 13.2 Å². The smallest absolute Gasteiger partial charge is 0.257 e. The molecule has 0 aliphatic carbocycles. The lowest BCUT2D eigenvalue weighted by atomic mass is 10.2. The number of amides is 1. The Kier molecular flexibility index (Phi) is 4.35. The Morgan fingerprint density at radius 1 is 1.12 bits per heavy atom. The van der Waals surface area contributed by atoms with Gasteiger partial charge in [0, 0.05) is 19.7 Å². The molecule has 0 aliphatic rings. The van der Waals surface area contributed by atoms with Crippen LogP contribution in [0.4, 0.5) is 5.13 Å². The van der Waals surface area contributed by atoms with Gasteiger partial charge in [-0.25, -0.2) is 17.7 Å². The standard InChI is InChI=1S/C16H15N3O3S2/c1-19(2)24(21,22)12-8-9-13-14(10-12)23-16(17-13)18-15(20)11-6-4-3-5-7-11/h3-10H,1-2H3,(H,17,18,20). The minimum absolute atomic E-state index is 0.199. The quantitative estimate of drug-likeness (QED) is 0.775. The molecule has 0 saturated heterocycles. The van der Waals surface area contributed by atoms with Crippen LogP contribution in [0.1, 0.15) is 10.4 Å². The van der Waals surface area contributed by atoms with Crippen molar-refractivity contribution in [2.24, 2.45) is 0 Å². The number of rotatable bonds is 4. The van der Waals surface area contributed by atoms with Gasteiger partial charge >= 0.3 is 0 Å². The van der Waals surface area contributed by atoms with E-state index < -0.39 is 10.0 Å². The Morgan fingerprint density at radius 2 is 1.83 bits per heavy atom. The minimum Gasteiger partial charge on any atom is -0.298 e. The summed E-state index contributed by atoms with van der Waals surface area (Å²) in [6.07, 6.45) is 0. The summed E-state index contributed by atoms with van der Waals surface area (Å²) >= 11 is 1.24. The zero-order valence-corrected chi connectivity index (χ0v) is 14.7. The van der Waals surface area contributed by atoms with Gasteiger partial charge in [0.05, 0.1) is 15.1 Å². The maximum absolute atomic E-state index is 12.2. The minimum atomic E-state index is -3.50. The highest BCUT2D eigenvalue weighted by atomic mass is 32.2. The fourth-order valence-electron chi connectivity index (χ4n) is 2.09. The van der Waals surface area contributed by atoms with Gasteiger partial charge in [-0.15, -0.1) is 0 Å². The number of benzene rings is 2. The molecule has 3 rings (SSSR count). The summed E-state index contributed by atoms with van der Waals surface area (Å²) in [6.45, 7) is 0. The van der Waals surface area contributed by atoms with Gasteiger partial charge in [-0.3, -0.25) is 10.1 Å². The van der Waals surface area contributed by atoms with Crippen molar-refractivity contribution in [2.75, 3.05) is 19.4 Å². The fraction of sp³-hybridized carbons (Fsp3) is 0.125. The molecule has 0 unspecified atom stereocenters. The van der Waals surface area contributed by atoms with E-state index in [2.05, 4.69) is 10.3 Å². The highest BCUT2D eigenvalue weighted by Crippen LogP contribution is 2.29. The predicted molar refractivity (Wildman–Crippen MR) is 94.9 cm³/mol. The fourth-order valence-corrected chi connectivity index (χ4v) is 3.99. The molecule has 6 nitrogen and oxygen atoms in total. The van der Waals surface area contributed by atoms with E-state index >= 15 is 0 Å². The van der Waals surface area contributed by atoms with Crippen LogP contribution in [0, 0.1) is 0 Å². The number of anilines is 1. The Bertz CT molecular complexity index is 996. The van der Waals surface area contributed by atoms with Crippen molar-refractivity contribution < 1.29 is 13.2 Å². The molecule has 0 fully saturated rings. The zero-order valence-electron chi connectivity index (χ0n) is 13.1. The molecule has 0 spiro atoms. The van der Waals surface area contributed by atoms with Gasteiger partial charge in [0.1, 0.15) is 0 Å². The zero-order chi connectivity index (χ0) is 17.3. The number of nitrogens with one attached hydrogen (secondary N) is 1. The van der Waals surface area contributed by atoms with E-state index in [0.29, 0.717) is 20.9 Å². The van der Waals surface area contributed by atoms with E-state index in [-0.39, 0.29) is 10.8 Å². The van der Waals surface area contributed by atoms with Crippen LogP contribution >= 0.6 is 11.3 Å². The van der Waals surface area contributed by atoms with Crippen molar-refractivity contribution in [3.05, 3.63) is 54.1 Å². The Morgan fingerprint density at radius 3 is 2.50 bits per heavy atom. The molecule has 8 heteroatoms. The number of fused-ring (bicyclic) bond motifs is 1. The number of carbonyl (C=O) groups is 1. The summed E-state index contributed by atoms with van der Waals surface area (Å²) in [6, 6.07) is 13.5. The van der Waals surface area contributed by atoms with Gasteiger partial charge in [-0.1, -0.05) is 29.5 Å². The summed E-state index contributed by atoms with van der Waals surface area (Å²) in [7, 11) is -0.533. The first-order chi connectivity index (χ1) is 11.4. The number of hydrogen-bond acceptors (Lipinski definition) is 5. The van der Waals surface area contributed by atoms with Gasteiger partial charge in [-0.05, 0) is 30.3 Å². The molecule has 0 atom stereocenters. The highest BCUT2D eigenvalue weighted by molar-refractivity contribution is 7.89. The van der Waals surface area contributed by atoms with Crippen LogP contribution in [0.5, 0.6) is 0 Å². The highest BCUT2D eigenvalue weighted by Gasteiger charge is 2.18. The van der Waals surface area contributed by atoms with Crippen molar-refractivity contribution in [1.29, 1.82) is 0 Å². The molecule has 2 aromatic carbocycles. The molecule has 1 amide bonds. The van der Waals surface area contributed by atoms with Crippen LogP contribution in [-0.2, 0) is 10.0 Å². The molecule has 1 aromatic heterocycles. The third-order valence-corrected chi connectivity index (χ3v) is 6.14. The second kappa shape index (κ2) is 6.31. The Labute approximate surface area is 143 Å². The summed E-state index contributed by atoms with van der Waals surface area (Å²) in [5, 5.41) is 3.17. The monoisotopic (exact) mass is 361 g/mol. The molecule has 0 aliphatic heterocycles. The average molecular weight is 361 g/mol. The third-order valence-electron chi connectivity index (χ3n) is 3.39. The number of hydrogen-bond donors (Lipinski definition) is 1. The molecular weight excluding hydrogens is 346 g/mol. The van der Waals surface area contributed by atoms with E-state index in [1.165, 1.54) is 31.5 Å². The van der Waals surface area contributed by atoms with Crippen LogP contribution in [0.15, 0.2) is 53.4 Å². The van der Waals surface area contributed by atoms with Gasteiger partial charge in [0.15, 0.2) is 5.13 Å². The largest absolute Gasteiger partial charge is 0.298 e. The number of nitrogens with zero attached hydrogens (tertiary/aromatic N) is 2. The lowest BCUT2D eigenvalue weighted by Gasteiger charge is -2.10. The van der Waals surface area contributed by atoms with Crippen molar-refractivity contribution >= 4 is 42.6 Å². The van der Waals surface area contributed by atoms with Crippen molar-refractivity contribution in [3.63, 3.8) is 0 Å². The second-order valence-electron chi connectivity index (χ2n) is 5.26. The molecule has 24 heavy (non-hydrogen) atoms. The number of aromatic nitrogens is 1. The van der Waals surface area contributed by atoms with Crippen LogP contribution in [0.3, 0.4) is 0 Å². The maximum Gasteiger partial charge on any atom is 0.257 e. The van der Waals surface area contributed by atoms with Crippen molar-refractivity contribution in [3.8, 4) is 0 Å². The third kappa shape index (κ3) is 3.16. The molecule has 0 radical (unpaired) electrons. The summed E-state index contributed by atoms with van der Waals surface area (Å²) in [5.74, 6) is -0.254. The number of sulfonamides is 1. The van der Waals surface area contributed by atoms with E-state index in [0.717, 1.165) is 4.31 Å². The van der Waals surface area contributed by atoms with Crippen LogP contribution in [0.25, 0.3) is 10.2 Å².